The molecule has 1 fully saturated rings. The second-order valence-electron chi connectivity index (χ2n) is 5.58. The molecule has 1 aromatic rings. The molecule has 0 aliphatic heterocycles. The first-order valence-corrected chi connectivity index (χ1v) is 7.77. The van der Waals surface area contributed by atoms with Gasteiger partial charge in [-0.3, -0.25) is 0 Å². The van der Waals surface area contributed by atoms with E-state index in [9.17, 15) is 0 Å². The van der Waals surface area contributed by atoms with Crippen LogP contribution in [0.5, 0.6) is 0 Å². The normalized spacial score (nSPS) is 20.4. The van der Waals surface area contributed by atoms with Crippen LogP contribution in [0.25, 0.3) is 0 Å². The van der Waals surface area contributed by atoms with E-state index in [-0.39, 0.29) is 0 Å². The van der Waals surface area contributed by atoms with Crippen LogP contribution in [0.4, 0.5) is 0 Å². The van der Waals surface area contributed by atoms with Crippen molar-refractivity contribution in [1.82, 2.24) is 0 Å². The minimum atomic E-state index is 0.559. The molecular formula is C16H23Br. The van der Waals surface area contributed by atoms with E-state index >= 15 is 0 Å². The molecule has 0 amide bonds. The third-order valence-electron chi connectivity index (χ3n) is 4.47. The highest BCUT2D eigenvalue weighted by atomic mass is 79.9. The molecule has 0 bridgehead atoms. The van der Waals surface area contributed by atoms with Crippen molar-refractivity contribution in [3.63, 3.8) is 0 Å². The van der Waals surface area contributed by atoms with E-state index in [1.807, 2.05) is 0 Å². The summed E-state index contributed by atoms with van der Waals surface area (Å²) in [6, 6.07) is 8.95. The predicted octanol–water partition coefficient (Wildman–Crippen LogP) is 5.27. The lowest BCUT2D eigenvalue weighted by atomic mass is 9.78. The highest BCUT2D eigenvalue weighted by Crippen LogP contribution is 2.47. The van der Waals surface area contributed by atoms with Gasteiger partial charge in [-0.15, -0.1) is 0 Å². The van der Waals surface area contributed by atoms with Crippen LogP contribution < -0.4 is 0 Å². The maximum absolute atomic E-state index is 3.98. The Hall–Kier alpha value is -0.300. The molecule has 1 heteroatoms. The van der Waals surface area contributed by atoms with Gasteiger partial charge in [-0.1, -0.05) is 65.5 Å². The monoisotopic (exact) mass is 294 g/mol. The zero-order chi connectivity index (χ0) is 12.3. The lowest BCUT2D eigenvalue weighted by Crippen LogP contribution is -2.29. The number of rotatable bonds is 4. The molecule has 94 valence electrons. The minimum Gasteiger partial charge on any atom is -0.0881 e. The zero-order valence-corrected chi connectivity index (χ0v) is 12.6. The van der Waals surface area contributed by atoms with Gasteiger partial charge in [0.1, 0.15) is 0 Å². The van der Waals surface area contributed by atoms with Crippen molar-refractivity contribution < 1.29 is 0 Å². The van der Waals surface area contributed by atoms with E-state index in [1.54, 1.807) is 0 Å². The van der Waals surface area contributed by atoms with E-state index in [2.05, 4.69) is 54.0 Å². The molecule has 1 aromatic carbocycles. The van der Waals surface area contributed by atoms with Crippen LogP contribution in [0.2, 0.25) is 0 Å². The predicted molar refractivity (Wildman–Crippen MR) is 78.8 cm³/mol. The highest BCUT2D eigenvalue weighted by Gasteiger charge is 2.38. The van der Waals surface area contributed by atoms with Crippen LogP contribution in [0.15, 0.2) is 24.3 Å². The average Bonchev–Trinajstić information content (AvgIpc) is 2.78. The number of halogens is 1. The van der Waals surface area contributed by atoms with Gasteiger partial charge in [0.15, 0.2) is 0 Å². The Bertz CT molecular complexity index is 364. The number of hydrogen-bond donors (Lipinski definition) is 0. The van der Waals surface area contributed by atoms with Gasteiger partial charge in [-0.25, -0.2) is 0 Å². The van der Waals surface area contributed by atoms with Crippen LogP contribution in [-0.4, -0.2) is 4.83 Å². The molecule has 1 aliphatic carbocycles. The molecule has 0 nitrogen and oxygen atoms in total. The topological polar surface area (TPSA) is 0 Å². The van der Waals surface area contributed by atoms with Gasteiger partial charge in [-0.2, -0.15) is 0 Å². The van der Waals surface area contributed by atoms with Gasteiger partial charge in [-0.05, 0) is 43.6 Å². The van der Waals surface area contributed by atoms with E-state index in [0.717, 1.165) is 0 Å². The fourth-order valence-electron chi connectivity index (χ4n) is 3.23. The summed E-state index contributed by atoms with van der Waals surface area (Å²) in [6.07, 6.45) is 8.15. The molecular weight excluding hydrogens is 272 g/mol. The molecule has 0 saturated heterocycles. The Balaban J connectivity index is 2.07. The van der Waals surface area contributed by atoms with Crippen molar-refractivity contribution in [3.8, 4) is 0 Å². The van der Waals surface area contributed by atoms with Crippen molar-refractivity contribution in [2.24, 2.45) is 5.41 Å². The fourth-order valence-corrected chi connectivity index (χ4v) is 4.39. The summed E-state index contributed by atoms with van der Waals surface area (Å²) in [5, 5.41) is 0. The summed E-state index contributed by atoms with van der Waals surface area (Å²) in [5.41, 5.74) is 3.41. The van der Waals surface area contributed by atoms with Crippen LogP contribution in [0.1, 0.15) is 50.2 Å². The van der Waals surface area contributed by atoms with Crippen LogP contribution in [-0.2, 0) is 6.42 Å². The van der Waals surface area contributed by atoms with E-state index in [1.165, 1.54) is 49.7 Å². The standard InChI is InChI=1S/C16H23Br/c1-3-16(9-4-5-10-16)15(17)12-14-8-6-7-13(2)11-14/h6-8,11,15H,3-5,9-10,12H2,1-2H3. The summed E-state index contributed by atoms with van der Waals surface area (Å²) < 4.78 is 0. The van der Waals surface area contributed by atoms with E-state index < -0.39 is 0 Å². The van der Waals surface area contributed by atoms with Crippen LogP contribution in [0.3, 0.4) is 0 Å². The van der Waals surface area contributed by atoms with Crippen LogP contribution >= 0.6 is 15.9 Å². The van der Waals surface area contributed by atoms with Gasteiger partial charge >= 0.3 is 0 Å². The summed E-state index contributed by atoms with van der Waals surface area (Å²) in [4.78, 5) is 0.643. The number of hydrogen-bond acceptors (Lipinski definition) is 0. The van der Waals surface area contributed by atoms with Gasteiger partial charge in [0.05, 0.1) is 0 Å². The Morgan fingerprint density at radius 2 is 2.00 bits per heavy atom. The molecule has 0 N–H and O–H groups in total. The Kier molecular flexibility index (Phi) is 4.30. The molecule has 0 heterocycles. The maximum atomic E-state index is 3.98. The SMILES string of the molecule is CCC1(C(Br)Cc2cccc(C)c2)CCCC1. The first-order chi connectivity index (χ1) is 8.16. The molecule has 1 saturated carbocycles. The Morgan fingerprint density at radius 3 is 2.59 bits per heavy atom. The second kappa shape index (κ2) is 5.56. The third-order valence-corrected chi connectivity index (χ3v) is 5.76. The molecule has 0 spiro atoms. The summed E-state index contributed by atoms with van der Waals surface area (Å²) in [5.74, 6) is 0. The first-order valence-electron chi connectivity index (χ1n) is 6.86. The lowest BCUT2D eigenvalue weighted by molar-refractivity contribution is 0.275. The quantitative estimate of drug-likeness (QED) is 0.664. The molecule has 17 heavy (non-hydrogen) atoms. The zero-order valence-electron chi connectivity index (χ0n) is 11.0. The van der Waals surface area contributed by atoms with Crippen molar-refractivity contribution in [2.75, 3.05) is 0 Å². The molecule has 1 atom stereocenters. The fraction of sp³-hybridized carbons (Fsp3) is 0.625. The summed E-state index contributed by atoms with van der Waals surface area (Å²) in [7, 11) is 0. The first kappa shape index (κ1) is 13.1. The van der Waals surface area contributed by atoms with Crippen molar-refractivity contribution in [2.45, 2.75) is 57.2 Å². The lowest BCUT2D eigenvalue weighted by Gasteiger charge is -2.33. The second-order valence-corrected chi connectivity index (χ2v) is 6.69. The molecule has 1 aliphatic rings. The minimum absolute atomic E-state index is 0.559. The van der Waals surface area contributed by atoms with E-state index in [0.29, 0.717) is 10.2 Å². The summed E-state index contributed by atoms with van der Waals surface area (Å²) in [6.45, 7) is 4.54. The Labute approximate surface area is 114 Å². The summed E-state index contributed by atoms with van der Waals surface area (Å²) >= 11 is 3.98. The number of benzene rings is 1. The van der Waals surface area contributed by atoms with Crippen molar-refractivity contribution in [3.05, 3.63) is 35.4 Å². The molecule has 2 rings (SSSR count). The molecule has 0 aromatic heterocycles. The smallest absolute Gasteiger partial charge is 0.0242 e. The van der Waals surface area contributed by atoms with E-state index in [4.69, 9.17) is 0 Å². The largest absolute Gasteiger partial charge is 0.0881 e. The molecule has 0 radical (unpaired) electrons. The van der Waals surface area contributed by atoms with Crippen LogP contribution in [0, 0.1) is 12.3 Å². The van der Waals surface area contributed by atoms with Gasteiger partial charge < -0.3 is 0 Å². The van der Waals surface area contributed by atoms with Gasteiger partial charge in [0, 0.05) is 4.83 Å². The number of alkyl halides is 1. The highest BCUT2D eigenvalue weighted by molar-refractivity contribution is 9.09. The van der Waals surface area contributed by atoms with Crippen molar-refractivity contribution in [1.29, 1.82) is 0 Å². The average molecular weight is 295 g/mol. The third kappa shape index (κ3) is 2.93. The number of aryl methyl sites for hydroxylation is 1. The van der Waals surface area contributed by atoms with Crippen molar-refractivity contribution >= 4 is 15.9 Å². The maximum Gasteiger partial charge on any atom is 0.0242 e. The van der Waals surface area contributed by atoms with Gasteiger partial charge in [0.25, 0.3) is 0 Å². The molecule has 1 unspecified atom stereocenters. The Morgan fingerprint density at radius 1 is 1.29 bits per heavy atom. The van der Waals surface area contributed by atoms with Gasteiger partial charge in [0.2, 0.25) is 0 Å².